The van der Waals surface area contributed by atoms with Crippen molar-refractivity contribution in [2.75, 3.05) is 5.73 Å². The molecule has 2 rings (SSSR count). The summed E-state index contributed by atoms with van der Waals surface area (Å²) in [6.07, 6.45) is 0. The molecule has 2 aromatic rings. The Bertz CT molecular complexity index is 379. The van der Waals surface area contributed by atoms with E-state index in [9.17, 15) is 0 Å². The first-order valence-corrected chi connectivity index (χ1v) is 3.53. The average Bonchev–Trinajstić information content (AvgIpc) is 2.06. The second-order valence-electron chi connectivity index (χ2n) is 2.48. The van der Waals surface area contributed by atoms with Crippen LogP contribution < -0.4 is 5.73 Å². The van der Waals surface area contributed by atoms with Crippen LogP contribution in [-0.2, 0) is 0 Å². The van der Waals surface area contributed by atoms with Crippen LogP contribution in [0.5, 0.6) is 0 Å². The normalized spacial score (nSPS) is 9.33. The van der Waals surface area contributed by atoms with Crippen LogP contribution in [0.4, 0.5) is 5.69 Å². The van der Waals surface area contributed by atoms with Crippen molar-refractivity contribution in [1.29, 1.82) is 0 Å². The molecule has 0 aliphatic heterocycles. The smallest absolute Gasteiger partial charge is 0 e. The Morgan fingerprint density at radius 3 is 2.58 bits per heavy atom. The molecular weight excluding hydrogens is 401 g/mol. The van der Waals surface area contributed by atoms with E-state index in [-0.39, 0.29) is 0 Å². The zero-order chi connectivity index (χ0) is 7.68. The second kappa shape index (κ2) is 2.62. The van der Waals surface area contributed by atoms with Gasteiger partial charge in [-0.2, -0.15) is 0 Å². The van der Waals surface area contributed by atoms with E-state index in [1.807, 2.05) is 36.4 Å². The van der Waals surface area contributed by atoms with Gasteiger partial charge in [-0.05, 0) is 5.69 Å². The third kappa shape index (κ3) is 0.926. The van der Waals surface area contributed by atoms with Crippen LogP contribution >= 0.6 is 0 Å². The van der Waals surface area contributed by atoms with Crippen LogP contribution in [0.3, 0.4) is 0 Å². The zero-order valence-corrected chi connectivity index (χ0v) is 13.1. The predicted octanol–water partition coefficient (Wildman–Crippen LogP) is 2.22. The molecule has 0 fully saturated rings. The van der Waals surface area contributed by atoms with E-state index in [4.69, 9.17) is 5.73 Å². The SMILES string of the molecule is Nc1cc[c-]c2ccccc12.[Rf]. The van der Waals surface area contributed by atoms with Gasteiger partial charge >= 0.3 is 0 Å². The van der Waals surface area contributed by atoms with E-state index < -0.39 is 0 Å². The summed E-state index contributed by atoms with van der Waals surface area (Å²) in [6, 6.07) is 14.8. The molecule has 0 heterocycles. The molecule has 0 unspecified atom stereocenters. The Hall–Kier alpha value is -2.50. The maximum atomic E-state index is 5.74. The van der Waals surface area contributed by atoms with Crippen molar-refractivity contribution in [2.24, 2.45) is 0 Å². The Morgan fingerprint density at radius 2 is 1.83 bits per heavy atom. The number of nitrogens with two attached hydrogens (primary N) is 1. The largest absolute Gasteiger partial charge is 0.413 e. The van der Waals surface area contributed by atoms with Crippen molar-refractivity contribution < 1.29 is 0 Å². The second-order valence-corrected chi connectivity index (χ2v) is 2.48. The molecule has 0 saturated heterocycles. The van der Waals surface area contributed by atoms with Gasteiger partial charge in [-0.15, -0.1) is 35.7 Å². The number of rotatable bonds is 0. The van der Waals surface area contributed by atoms with Crippen molar-refractivity contribution in [3.05, 3.63) is 42.5 Å². The van der Waals surface area contributed by atoms with Gasteiger partial charge in [0.1, 0.15) is 0 Å². The Balaban J connectivity index is 0.000000720. The standard InChI is InChI=1S/C10H8N.Rf/c11-10-7-3-5-8-4-1-2-6-9(8)10;/h1-4,6-7H,11H2;/q-1;. The van der Waals surface area contributed by atoms with Gasteiger partial charge in [-0.3, -0.25) is 0 Å². The molecule has 0 saturated carbocycles. The fraction of sp³-hybridized carbons (Fsp3) is 0. The molecule has 0 bridgehead atoms. The molecule has 12 heavy (non-hydrogen) atoms. The molecule has 0 atom stereocenters. The molecule has 0 amide bonds. The molecule has 2 N–H and O–H groups in total. The molecule has 0 aliphatic rings. The first kappa shape index (κ1) is 7.61. The number of hydrogen-bond acceptors (Lipinski definition) is 1. The van der Waals surface area contributed by atoms with Crippen LogP contribution in [0, 0.1) is 6.07 Å². The van der Waals surface area contributed by atoms with Crippen LogP contribution in [0.25, 0.3) is 10.8 Å². The zero-order valence-electron chi connectivity index (χ0n) is 6.75. The molecule has 0 spiro atoms. The topological polar surface area (TPSA) is 26.0 Å². The molecule has 0 aliphatic carbocycles. The fourth-order valence-electron chi connectivity index (χ4n) is 1.17. The monoisotopic (exact) mass is 409 g/mol. The number of nitrogen functional groups attached to an aromatic ring is 1. The molecule has 2 heteroatoms. The van der Waals surface area contributed by atoms with Crippen molar-refractivity contribution >= 4 is 16.5 Å². The Morgan fingerprint density at radius 1 is 1.08 bits per heavy atom. The maximum Gasteiger partial charge on any atom is 0 e. The quantitative estimate of drug-likeness (QED) is 0.525. The van der Waals surface area contributed by atoms with E-state index in [1.165, 1.54) is 0 Å². The molecule has 2 aromatic carbocycles. The summed E-state index contributed by atoms with van der Waals surface area (Å²) in [7, 11) is 0. The molecular formula is C10H8NRf-. The van der Waals surface area contributed by atoms with E-state index in [2.05, 4.69) is 6.07 Å². The van der Waals surface area contributed by atoms with Gasteiger partial charge in [0.25, 0.3) is 0 Å². The number of hydrogen-bond donors (Lipinski definition) is 1. The summed E-state index contributed by atoms with van der Waals surface area (Å²) < 4.78 is 0. The van der Waals surface area contributed by atoms with Gasteiger partial charge in [0.2, 0.25) is 0 Å². The minimum absolute atomic E-state index is 0. The van der Waals surface area contributed by atoms with Crippen molar-refractivity contribution in [2.45, 2.75) is 0 Å². The summed E-state index contributed by atoms with van der Waals surface area (Å²) in [4.78, 5) is 0. The van der Waals surface area contributed by atoms with Gasteiger partial charge in [-0.1, -0.05) is 17.5 Å². The Kier molecular flexibility index (Phi) is 1.66. The molecule has 56 valence electrons. The summed E-state index contributed by atoms with van der Waals surface area (Å²) >= 11 is 0. The van der Waals surface area contributed by atoms with E-state index in [0.717, 1.165) is 16.5 Å². The van der Waals surface area contributed by atoms with Crippen LogP contribution in [0.2, 0.25) is 0 Å². The number of anilines is 1. The molecule has 0 radical (unpaired) electrons. The van der Waals surface area contributed by atoms with Crippen molar-refractivity contribution in [3.8, 4) is 0 Å². The summed E-state index contributed by atoms with van der Waals surface area (Å²) in [5, 5.41) is 2.16. The third-order valence-electron chi connectivity index (χ3n) is 1.74. The number of fused-ring (bicyclic) bond motifs is 1. The first-order valence-electron chi connectivity index (χ1n) is 3.53. The van der Waals surface area contributed by atoms with Crippen molar-refractivity contribution in [1.82, 2.24) is 0 Å². The van der Waals surface area contributed by atoms with Gasteiger partial charge in [0.15, 0.2) is 0 Å². The van der Waals surface area contributed by atoms with Gasteiger partial charge in [0.05, 0.1) is 0 Å². The van der Waals surface area contributed by atoms with Crippen LogP contribution in [0.15, 0.2) is 36.4 Å². The molecule has 1 nitrogen and oxygen atoms in total. The van der Waals surface area contributed by atoms with E-state index in [0.29, 0.717) is 0 Å². The first-order chi connectivity index (χ1) is 5.38. The summed E-state index contributed by atoms with van der Waals surface area (Å²) in [5.74, 6) is 0. The van der Waals surface area contributed by atoms with Crippen molar-refractivity contribution in [3.63, 3.8) is 0 Å². The average molecular weight is 409 g/mol. The summed E-state index contributed by atoms with van der Waals surface area (Å²) in [5.41, 5.74) is 6.56. The van der Waals surface area contributed by atoms with Crippen LogP contribution in [0.1, 0.15) is 0 Å². The third-order valence-corrected chi connectivity index (χ3v) is 1.74. The fourth-order valence-corrected chi connectivity index (χ4v) is 1.17. The summed E-state index contributed by atoms with van der Waals surface area (Å²) in [6.45, 7) is 0. The Labute approximate surface area is 65.5 Å². The molecule has 0 aromatic heterocycles. The van der Waals surface area contributed by atoms with Crippen LogP contribution in [-0.4, -0.2) is 0 Å². The van der Waals surface area contributed by atoms with Gasteiger partial charge < -0.3 is 5.73 Å². The maximum absolute atomic E-state index is 5.74. The minimum Gasteiger partial charge on any atom is -0.413 e. The van der Waals surface area contributed by atoms with E-state index in [1.54, 1.807) is 0 Å². The number of benzene rings is 2. The van der Waals surface area contributed by atoms with E-state index >= 15 is 0 Å². The van der Waals surface area contributed by atoms with Gasteiger partial charge in [0, 0.05) is 0 Å². The minimum atomic E-state index is 0. The van der Waals surface area contributed by atoms with Gasteiger partial charge in [-0.25, -0.2) is 0 Å². The predicted molar refractivity (Wildman–Crippen MR) is 47.2 cm³/mol.